The maximum atomic E-state index is 11.2. The molecule has 0 aliphatic heterocycles. The Morgan fingerprint density at radius 1 is 1.80 bits per heavy atom. The molecule has 0 aliphatic carbocycles. The molecular formula is C9H11BrN2O3. The van der Waals surface area contributed by atoms with Gasteiger partial charge in [0.2, 0.25) is 0 Å². The Morgan fingerprint density at radius 2 is 2.53 bits per heavy atom. The van der Waals surface area contributed by atoms with Gasteiger partial charge in [-0.25, -0.2) is 4.79 Å². The Balaban J connectivity index is 2.75. The van der Waals surface area contributed by atoms with Crippen LogP contribution in [-0.4, -0.2) is 35.8 Å². The van der Waals surface area contributed by atoms with E-state index in [0.29, 0.717) is 10.2 Å². The van der Waals surface area contributed by atoms with Crippen LogP contribution in [0.1, 0.15) is 0 Å². The minimum Gasteiger partial charge on any atom is -0.467 e. The van der Waals surface area contributed by atoms with E-state index in [-0.39, 0.29) is 6.61 Å². The minimum absolute atomic E-state index is 0.332. The number of aliphatic hydroxyl groups excluding tert-OH is 1. The van der Waals surface area contributed by atoms with Gasteiger partial charge in [0.15, 0.2) is 0 Å². The number of nitrogens with one attached hydrogen (secondary N) is 1. The van der Waals surface area contributed by atoms with E-state index < -0.39 is 12.0 Å². The highest BCUT2D eigenvalue weighted by atomic mass is 79.9. The smallest absolute Gasteiger partial charge is 0.330 e. The number of carbonyl (C=O) groups is 1. The quantitative estimate of drug-likeness (QED) is 0.795. The van der Waals surface area contributed by atoms with Crippen molar-refractivity contribution in [1.29, 1.82) is 0 Å². The van der Waals surface area contributed by atoms with E-state index >= 15 is 0 Å². The van der Waals surface area contributed by atoms with Gasteiger partial charge in [0.05, 0.1) is 23.9 Å². The lowest BCUT2D eigenvalue weighted by Crippen LogP contribution is -2.34. The van der Waals surface area contributed by atoms with Crippen molar-refractivity contribution in [3.05, 3.63) is 22.9 Å². The largest absolute Gasteiger partial charge is 0.467 e. The van der Waals surface area contributed by atoms with Crippen LogP contribution in [0.25, 0.3) is 0 Å². The maximum absolute atomic E-state index is 11.2. The molecule has 82 valence electrons. The monoisotopic (exact) mass is 274 g/mol. The fourth-order valence-corrected chi connectivity index (χ4v) is 1.37. The molecule has 0 radical (unpaired) electrons. The molecule has 0 fully saturated rings. The summed E-state index contributed by atoms with van der Waals surface area (Å²) < 4.78 is 5.24. The highest BCUT2D eigenvalue weighted by Crippen LogP contribution is 2.20. The van der Waals surface area contributed by atoms with Crippen LogP contribution in [0.4, 0.5) is 5.69 Å². The third-order valence-electron chi connectivity index (χ3n) is 1.77. The van der Waals surface area contributed by atoms with Crippen LogP contribution in [0.3, 0.4) is 0 Å². The van der Waals surface area contributed by atoms with E-state index in [9.17, 15) is 4.79 Å². The zero-order valence-corrected chi connectivity index (χ0v) is 9.69. The first-order chi connectivity index (χ1) is 7.19. The predicted octanol–water partition coefficient (Wildman–Crippen LogP) is 0.790. The number of anilines is 1. The van der Waals surface area contributed by atoms with E-state index in [0.717, 1.165) is 0 Å². The van der Waals surface area contributed by atoms with E-state index in [1.54, 1.807) is 18.5 Å². The first-order valence-electron chi connectivity index (χ1n) is 4.23. The molecule has 0 saturated heterocycles. The Labute approximate surface area is 95.6 Å². The number of carbonyl (C=O) groups excluding carboxylic acids is 1. The molecule has 5 nitrogen and oxygen atoms in total. The van der Waals surface area contributed by atoms with E-state index in [1.807, 2.05) is 0 Å². The molecule has 1 heterocycles. The number of rotatable bonds is 4. The molecular weight excluding hydrogens is 264 g/mol. The molecule has 0 spiro atoms. The van der Waals surface area contributed by atoms with Crippen molar-refractivity contribution in [3.8, 4) is 0 Å². The summed E-state index contributed by atoms with van der Waals surface area (Å²) in [5, 5.41) is 11.8. The fourth-order valence-electron chi connectivity index (χ4n) is 1.00. The summed E-state index contributed by atoms with van der Waals surface area (Å²) in [5.41, 5.74) is 0.675. The van der Waals surface area contributed by atoms with Crippen LogP contribution in [-0.2, 0) is 9.53 Å². The van der Waals surface area contributed by atoms with Crippen molar-refractivity contribution in [2.45, 2.75) is 6.04 Å². The Kier molecular flexibility index (Phi) is 4.51. The number of methoxy groups -OCH3 is 1. The number of hydrogen-bond donors (Lipinski definition) is 2. The Bertz CT molecular complexity index is 346. The maximum Gasteiger partial charge on any atom is 0.330 e. The number of hydrogen-bond acceptors (Lipinski definition) is 5. The molecule has 0 bridgehead atoms. The average Bonchev–Trinajstić information content (AvgIpc) is 2.27. The van der Waals surface area contributed by atoms with Gasteiger partial charge in [-0.1, -0.05) is 0 Å². The number of halogens is 1. The summed E-state index contributed by atoms with van der Waals surface area (Å²) in [6, 6.07) is 0.920. The van der Waals surface area contributed by atoms with Gasteiger partial charge in [-0.2, -0.15) is 0 Å². The van der Waals surface area contributed by atoms with Crippen LogP contribution in [0.5, 0.6) is 0 Å². The Hall–Kier alpha value is -1.14. The van der Waals surface area contributed by atoms with Crippen molar-refractivity contribution < 1.29 is 14.6 Å². The van der Waals surface area contributed by atoms with Crippen molar-refractivity contribution in [2.75, 3.05) is 19.0 Å². The molecule has 15 heavy (non-hydrogen) atoms. The van der Waals surface area contributed by atoms with Crippen molar-refractivity contribution in [3.63, 3.8) is 0 Å². The molecule has 0 saturated carbocycles. The standard InChI is InChI=1S/C9H11BrN2O3/c1-15-9(14)8(5-13)12-7-2-3-11-4-6(7)10/h2-4,8,13H,5H2,1H3,(H,11,12). The topological polar surface area (TPSA) is 71.5 Å². The van der Waals surface area contributed by atoms with Crippen molar-refractivity contribution in [2.24, 2.45) is 0 Å². The van der Waals surface area contributed by atoms with Crippen molar-refractivity contribution >= 4 is 27.6 Å². The predicted molar refractivity (Wildman–Crippen MR) is 58.4 cm³/mol. The van der Waals surface area contributed by atoms with E-state index in [1.165, 1.54) is 7.11 Å². The zero-order chi connectivity index (χ0) is 11.3. The number of nitrogens with zero attached hydrogens (tertiary/aromatic N) is 1. The van der Waals surface area contributed by atoms with Crippen LogP contribution in [0.2, 0.25) is 0 Å². The molecule has 1 aromatic heterocycles. The normalized spacial score (nSPS) is 11.9. The fraction of sp³-hybridized carbons (Fsp3) is 0.333. The molecule has 1 atom stereocenters. The lowest BCUT2D eigenvalue weighted by Gasteiger charge is -2.15. The van der Waals surface area contributed by atoms with Crippen LogP contribution >= 0.6 is 15.9 Å². The summed E-state index contributed by atoms with van der Waals surface area (Å²) in [6.07, 6.45) is 3.17. The van der Waals surface area contributed by atoms with E-state index in [4.69, 9.17) is 5.11 Å². The minimum atomic E-state index is -0.770. The molecule has 6 heteroatoms. The average molecular weight is 275 g/mol. The molecule has 1 unspecified atom stereocenters. The van der Waals surface area contributed by atoms with Gasteiger partial charge in [-0.3, -0.25) is 4.98 Å². The van der Waals surface area contributed by atoms with Gasteiger partial charge >= 0.3 is 5.97 Å². The second kappa shape index (κ2) is 5.67. The molecule has 1 rings (SSSR count). The summed E-state index contributed by atoms with van der Waals surface area (Å²) in [5.74, 6) is -0.513. The summed E-state index contributed by atoms with van der Waals surface area (Å²) in [6.45, 7) is -0.332. The molecule has 0 aliphatic rings. The first-order valence-corrected chi connectivity index (χ1v) is 5.03. The van der Waals surface area contributed by atoms with Crippen molar-refractivity contribution in [1.82, 2.24) is 4.98 Å². The number of esters is 1. The second-order valence-electron chi connectivity index (χ2n) is 2.76. The molecule has 2 N–H and O–H groups in total. The van der Waals surface area contributed by atoms with Gasteiger partial charge in [0.1, 0.15) is 6.04 Å². The molecule has 1 aromatic rings. The first kappa shape index (κ1) is 11.9. The third-order valence-corrected chi connectivity index (χ3v) is 2.40. The summed E-state index contributed by atoms with van der Waals surface area (Å²) in [7, 11) is 1.27. The van der Waals surface area contributed by atoms with Crippen LogP contribution in [0, 0.1) is 0 Å². The number of ether oxygens (including phenoxy) is 1. The SMILES string of the molecule is COC(=O)C(CO)Nc1ccncc1Br. The summed E-state index contributed by atoms with van der Waals surface area (Å²) in [4.78, 5) is 15.1. The molecule has 0 aromatic carbocycles. The van der Waals surface area contributed by atoms with Gasteiger partial charge in [0.25, 0.3) is 0 Å². The number of aliphatic hydroxyl groups is 1. The lowest BCUT2D eigenvalue weighted by molar-refractivity contribution is -0.142. The highest BCUT2D eigenvalue weighted by molar-refractivity contribution is 9.10. The van der Waals surface area contributed by atoms with Gasteiger partial charge < -0.3 is 15.2 Å². The van der Waals surface area contributed by atoms with Gasteiger partial charge in [-0.05, 0) is 22.0 Å². The molecule has 0 amide bonds. The zero-order valence-electron chi connectivity index (χ0n) is 8.11. The number of aromatic nitrogens is 1. The van der Waals surface area contributed by atoms with Gasteiger partial charge in [0, 0.05) is 12.4 Å². The van der Waals surface area contributed by atoms with E-state index in [2.05, 4.69) is 31.0 Å². The number of pyridine rings is 1. The third kappa shape index (κ3) is 3.17. The summed E-state index contributed by atoms with van der Waals surface area (Å²) >= 11 is 3.27. The lowest BCUT2D eigenvalue weighted by atomic mass is 10.3. The highest BCUT2D eigenvalue weighted by Gasteiger charge is 2.18. The Morgan fingerprint density at radius 3 is 3.07 bits per heavy atom. The van der Waals surface area contributed by atoms with Crippen LogP contribution in [0.15, 0.2) is 22.9 Å². The van der Waals surface area contributed by atoms with Gasteiger partial charge in [-0.15, -0.1) is 0 Å². The van der Waals surface area contributed by atoms with Crippen LogP contribution < -0.4 is 5.32 Å². The second-order valence-corrected chi connectivity index (χ2v) is 3.61.